The lowest BCUT2D eigenvalue weighted by atomic mass is 10.0. The van der Waals surface area contributed by atoms with Gasteiger partial charge in [0.1, 0.15) is 17.3 Å². The highest BCUT2D eigenvalue weighted by atomic mass is 32.1. The molecule has 0 aliphatic carbocycles. The Kier molecular flexibility index (Phi) is 5.48. The van der Waals surface area contributed by atoms with Crippen LogP contribution in [-0.4, -0.2) is 54.2 Å². The summed E-state index contributed by atoms with van der Waals surface area (Å²) in [5, 5.41) is 3.43. The third kappa shape index (κ3) is 3.77. The normalized spacial score (nSPS) is 20.6. The van der Waals surface area contributed by atoms with E-state index in [0.717, 1.165) is 29.6 Å². The summed E-state index contributed by atoms with van der Waals surface area (Å²) in [4.78, 5) is 16.1. The quantitative estimate of drug-likeness (QED) is 0.619. The molecule has 0 bridgehead atoms. The summed E-state index contributed by atoms with van der Waals surface area (Å²) in [6.07, 6.45) is 5.20. The van der Waals surface area contributed by atoms with Crippen LogP contribution in [0.1, 0.15) is 31.5 Å². The lowest BCUT2D eigenvalue weighted by Gasteiger charge is -2.38. The van der Waals surface area contributed by atoms with Crippen LogP contribution in [0.15, 0.2) is 35.7 Å². The topological polar surface area (TPSA) is 41.5 Å². The number of anilines is 1. The zero-order chi connectivity index (χ0) is 19.6. The van der Waals surface area contributed by atoms with Crippen LogP contribution in [-0.2, 0) is 11.3 Å². The summed E-state index contributed by atoms with van der Waals surface area (Å²) in [7, 11) is 1.71. The van der Waals surface area contributed by atoms with E-state index in [4.69, 9.17) is 14.7 Å². The van der Waals surface area contributed by atoms with Gasteiger partial charge in [0.25, 0.3) is 0 Å². The van der Waals surface area contributed by atoms with E-state index in [2.05, 4.69) is 45.5 Å². The molecule has 1 atom stereocenters. The Morgan fingerprint density at radius 3 is 2.69 bits per heavy atom. The zero-order valence-corrected chi connectivity index (χ0v) is 17.8. The first kappa shape index (κ1) is 19.0. The van der Waals surface area contributed by atoms with Gasteiger partial charge in [0.05, 0.1) is 5.39 Å². The van der Waals surface area contributed by atoms with Crippen molar-refractivity contribution in [2.45, 2.75) is 38.3 Å². The van der Waals surface area contributed by atoms with Crippen molar-refractivity contribution < 1.29 is 4.74 Å². The van der Waals surface area contributed by atoms with Crippen molar-refractivity contribution >= 4 is 27.4 Å². The van der Waals surface area contributed by atoms with Gasteiger partial charge in [0.15, 0.2) is 5.82 Å². The summed E-state index contributed by atoms with van der Waals surface area (Å²) in [6, 6.07) is 11.3. The Labute approximate surface area is 176 Å². The summed E-state index contributed by atoms with van der Waals surface area (Å²) in [5.74, 6) is 1.87. The fourth-order valence-electron chi connectivity index (χ4n) is 4.77. The number of rotatable bonds is 5. The minimum atomic E-state index is 0.449. The lowest BCUT2D eigenvalue weighted by Crippen LogP contribution is -2.47. The Morgan fingerprint density at radius 1 is 1.07 bits per heavy atom. The molecule has 0 radical (unpaired) electrons. The van der Waals surface area contributed by atoms with E-state index in [1.54, 1.807) is 18.4 Å². The van der Waals surface area contributed by atoms with Gasteiger partial charge >= 0.3 is 0 Å². The van der Waals surface area contributed by atoms with Crippen molar-refractivity contribution in [1.29, 1.82) is 0 Å². The second-order valence-electron chi connectivity index (χ2n) is 8.08. The first-order chi connectivity index (χ1) is 14.3. The lowest BCUT2D eigenvalue weighted by molar-refractivity contribution is 0.178. The van der Waals surface area contributed by atoms with Gasteiger partial charge in [0.2, 0.25) is 0 Å². The second-order valence-corrected chi connectivity index (χ2v) is 8.94. The highest BCUT2D eigenvalue weighted by Gasteiger charge is 2.29. The van der Waals surface area contributed by atoms with Crippen molar-refractivity contribution in [2.24, 2.45) is 0 Å². The van der Waals surface area contributed by atoms with E-state index in [0.29, 0.717) is 12.6 Å². The molecule has 0 saturated carbocycles. The van der Waals surface area contributed by atoms with Gasteiger partial charge in [-0.1, -0.05) is 30.3 Å². The molecule has 2 saturated heterocycles. The smallest absolute Gasteiger partial charge is 0.158 e. The number of fused-ring (bicyclic) bond motifs is 1. The highest BCUT2D eigenvalue weighted by molar-refractivity contribution is 7.17. The van der Waals surface area contributed by atoms with E-state index < -0.39 is 0 Å². The van der Waals surface area contributed by atoms with Crippen LogP contribution >= 0.6 is 11.3 Å². The first-order valence-corrected chi connectivity index (χ1v) is 11.5. The molecule has 1 aromatic carbocycles. The van der Waals surface area contributed by atoms with Crippen LogP contribution in [0, 0.1) is 0 Å². The maximum Gasteiger partial charge on any atom is 0.158 e. The number of ether oxygens (including phenoxy) is 1. The molecule has 29 heavy (non-hydrogen) atoms. The molecule has 2 aromatic heterocycles. The fraction of sp³-hybridized carbons (Fsp3) is 0.478. The third-order valence-electron chi connectivity index (χ3n) is 6.17. The number of piperidine rings is 1. The molecule has 4 heterocycles. The van der Waals surface area contributed by atoms with Crippen LogP contribution in [0.25, 0.3) is 21.3 Å². The Bertz CT molecular complexity index is 968. The van der Waals surface area contributed by atoms with Gasteiger partial charge in [-0.2, -0.15) is 0 Å². The molecule has 1 unspecified atom stereocenters. The van der Waals surface area contributed by atoms with Crippen molar-refractivity contribution in [3.8, 4) is 11.1 Å². The Balaban J connectivity index is 1.57. The number of aromatic nitrogens is 2. The number of hydrogen-bond acceptors (Lipinski definition) is 6. The molecule has 0 N–H and O–H groups in total. The van der Waals surface area contributed by atoms with E-state index in [1.165, 1.54) is 55.3 Å². The molecule has 2 aliphatic heterocycles. The van der Waals surface area contributed by atoms with E-state index in [9.17, 15) is 0 Å². The number of hydrogen-bond donors (Lipinski definition) is 0. The number of likely N-dealkylation sites (tertiary alicyclic amines) is 1. The molecule has 3 aromatic rings. The van der Waals surface area contributed by atoms with Crippen molar-refractivity contribution in [1.82, 2.24) is 14.9 Å². The summed E-state index contributed by atoms with van der Waals surface area (Å²) in [6.45, 7) is 5.07. The minimum absolute atomic E-state index is 0.449. The van der Waals surface area contributed by atoms with Gasteiger partial charge in [-0.3, -0.25) is 4.90 Å². The van der Waals surface area contributed by atoms with Crippen LogP contribution < -0.4 is 4.90 Å². The Hall–Kier alpha value is -2.02. The second kappa shape index (κ2) is 8.38. The largest absolute Gasteiger partial charge is 0.377 e. The molecule has 5 rings (SSSR count). The molecule has 152 valence electrons. The van der Waals surface area contributed by atoms with Crippen molar-refractivity contribution in [3.05, 3.63) is 41.5 Å². The van der Waals surface area contributed by atoms with E-state index in [1.807, 2.05) is 0 Å². The number of thiophene rings is 1. The Morgan fingerprint density at radius 2 is 1.90 bits per heavy atom. The van der Waals surface area contributed by atoms with Gasteiger partial charge < -0.3 is 9.64 Å². The highest BCUT2D eigenvalue weighted by Crippen LogP contribution is 2.39. The van der Waals surface area contributed by atoms with Crippen molar-refractivity contribution in [2.75, 3.05) is 38.2 Å². The van der Waals surface area contributed by atoms with Gasteiger partial charge in [0, 0.05) is 37.2 Å². The van der Waals surface area contributed by atoms with Crippen LogP contribution in [0.4, 0.5) is 5.82 Å². The SMILES string of the molecule is COCc1nc(N2CCCC(N3CCCC3)C2)c2c(-c3ccccc3)csc2n1. The molecule has 2 fully saturated rings. The summed E-state index contributed by atoms with van der Waals surface area (Å²) >= 11 is 1.71. The number of methoxy groups -OCH3 is 1. The average Bonchev–Trinajstić information content (AvgIpc) is 3.44. The molecular formula is C23H28N4OS. The molecule has 2 aliphatic rings. The molecule has 5 nitrogen and oxygen atoms in total. The van der Waals surface area contributed by atoms with Crippen LogP contribution in [0.3, 0.4) is 0 Å². The monoisotopic (exact) mass is 408 g/mol. The molecular weight excluding hydrogens is 380 g/mol. The van der Waals surface area contributed by atoms with Gasteiger partial charge in [-0.15, -0.1) is 11.3 Å². The number of nitrogens with zero attached hydrogens (tertiary/aromatic N) is 4. The zero-order valence-electron chi connectivity index (χ0n) is 17.0. The summed E-state index contributed by atoms with van der Waals surface area (Å²) in [5.41, 5.74) is 2.48. The predicted octanol–water partition coefficient (Wildman–Crippen LogP) is 4.57. The van der Waals surface area contributed by atoms with Gasteiger partial charge in [-0.25, -0.2) is 9.97 Å². The summed E-state index contributed by atoms with van der Waals surface area (Å²) < 4.78 is 5.37. The third-order valence-corrected chi connectivity index (χ3v) is 7.04. The number of benzene rings is 1. The maximum absolute atomic E-state index is 5.37. The van der Waals surface area contributed by atoms with Crippen molar-refractivity contribution in [3.63, 3.8) is 0 Å². The molecule has 6 heteroatoms. The fourth-order valence-corrected chi connectivity index (χ4v) is 5.73. The predicted molar refractivity (Wildman–Crippen MR) is 120 cm³/mol. The van der Waals surface area contributed by atoms with Crippen LogP contribution in [0.2, 0.25) is 0 Å². The minimum Gasteiger partial charge on any atom is -0.377 e. The van der Waals surface area contributed by atoms with Gasteiger partial charge in [-0.05, 0) is 44.3 Å². The standard InChI is InChI=1S/C23H28N4OS/c1-28-15-20-24-22(27-13-7-10-18(14-27)26-11-5-6-12-26)21-19(16-29-23(21)25-20)17-8-3-2-4-9-17/h2-4,8-9,16,18H,5-7,10-15H2,1H3. The van der Waals surface area contributed by atoms with Crippen LogP contribution in [0.5, 0.6) is 0 Å². The molecule has 0 spiro atoms. The maximum atomic E-state index is 5.37. The molecule has 0 amide bonds. The van der Waals surface area contributed by atoms with E-state index >= 15 is 0 Å². The first-order valence-electron chi connectivity index (χ1n) is 10.6. The average molecular weight is 409 g/mol. The van der Waals surface area contributed by atoms with E-state index in [-0.39, 0.29) is 0 Å².